The summed E-state index contributed by atoms with van der Waals surface area (Å²) in [6, 6.07) is 13.0. The molecule has 2 aromatic heterocycles. The number of pyridine rings is 1. The summed E-state index contributed by atoms with van der Waals surface area (Å²) < 4.78 is 0. The fourth-order valence-electron chi connectivity index (χ4n) is 4.71. The summed E-state index contributed by atoms with van der Waals surface area (Å²) in [7, 11) is 0. The zero-order valence-electron chi connectivity index (χ0n) is 18.1. The number of imidazole rings is 1. The van der Waals surface area contributed by atoms with Gasteiger partial charge in [-0.1, -0.05) is 29.8 Å². The maximum atomic E-state index is 4.85. The first-order valence-corrected chi connectivity index (χ1v) is 10.9. The van der Waals surface area contributed by atoms with Gasteiger partial charge in [-0.25, -0.2) is 4.98 Å². The van der Waals surface area contributed by atoms with Crippen LogP contribution in [0, 0.1) is 0 Å². The number of aromatic nitrogens is 3. The van der Waals surface area contributed by atoms with Gasteiger partial charge >= 0.3 is 0 Å². The molecule has 0 saturated carbocycles. The van der Waals surface area contributed by atoms with Crippen LogP contribution in [0.4, 0.5) is 0 Å². The monoisotopic (exact) mass is 627 g/mol. The van der Waals surface area contributed by atoms with Gasteiger partial charge < -0.3 is 10.3 Å². The molecule has 1 aliphatic carbocycles. The predicted octanol–water partition coefficient (Wildman–Crippen LogP) is 5.88. The number of piperidine rings is 1. The van der Waals surface area contributed by atoms with E-state index in [0.717, 1.165) is 55.9 Å². The topological polar surface area (TPSA) is 56.8 Å². The molecule has 1 saturated heterocycles. The molecular formula is C24H32Br3N5. The number of nitrogens with one attached hydrogen (secondary N) is 2. The lowest BCUT2D eigenvalue weighted by Gasteiger charge is -2.34. The lowest BCUT2D eigenvalue weighted by Crippen LogP contribution is -2.33. The number of rotatable bonds is 5. The Bertz CT molecular complexity index is 979. The number of aryl methyl sites for hydroxylation is 1. The van der Waals surface area contributed by atoms with Gasteiger partial charge in [0, 0.05) is 19.3 Å². The quantitative estimate of drug-likeness (QED) is 0.346. The number of nitrogens with zero attached hydrogens (tertiary/aromatic N) is 3. The summed E-state index contributed by atoms with van der Waals surface area (Å²) in [6.45, 7) is 3.92. The van der Waals surface area contributed by atoms with Gasteiger partial charge in [0.2, 0.25) is 0 Å². The lowest BCUT2D eigenvalue weighted by molar-refractivity contribution is 0.181. The van der Waals surface area contributed by atoms with E-state index >= 15 is 0 Å². The van der Waals surface area contributed by atoms with Crippen LogP contribution in [0.25, 0.3) is 11.0 Å². The summed E-state index contributed by atoms with van der Waals surface area (Å²) >= 11 is 0. The van der Waals surface area contributed by atoms with Gasteiger partial charge in [-0.05, 0) is 62.4 Å². The van der Waals surface area contributed by atoms with E-state index in [1.807, 2.05) is 12.3 Å². The zero-order valence-corrected chi connectivity index (χ0v) is 23.3. The number of aromatic amines is 1. The zero-order chi connectivity index (χ0) is 19.5. The van der Waals surface area contributed by atoms with Crippen LogP contribution >= 0.6 is 50.9 Å². The van der Waals surface area contributed by atoms with Crippen molar-refractivity contribution in [2.75, 3.05) is 19.6 Å². The van der Waals surface area contributed by atoms with E-state index in [4.69, 9.17) is 9.97 Å². The third kappa shape index (κ3) is 6.29. The first-order valence-electron chi connectivity index (χ1n) is 10.9. The Morgan fingerprint density at radius 2 is 1.91 bits per heavy atom. The predicted molar refractivity (Wildman–Crippen MR) is 148 cm³/mol. The Labute approximate surface area is 221 Å². The van der Waals surface area contributed by atoms with Crippen molar-refractivity contribution in [1.29, 1.82) is 0 Å². The van der Waals surface area contributed by atoms with Gasteiger partial charge in [-0.2, -0.15) is 0 Å². The lowest BCUT2D eigenvalue weighted by atomic mass is 9.90. The molecule has 3 aromatic rings. The summed E-state index contributed by atoms with van der Waals surface area (Å²) in [6.07, 6.45) is 10.4. The number of para-hydroxylation sites is 2. The Morgan fingerprint density at radius 3 is 2.72 bits per heavy atom. The number of hydrogen-bond donors (Lipinski definition) is 2. The maximum Gasteiger partial charge on any atom is 0.121 e. The highest BCUT2D eigenvalue weighted by atomic mass is 79.9. The van der Waals surface area contributed by atoms with Crippen molar-refractivity contribution in [3.05, 3.63) is 71.3 Å². The van der Waals surface area contributed by atoms with Crippen LogP contribution in [0.3, 0.4) is 0 Å². The second-order valence-electron chi connectivity index (χ2n) is 8.23. The van der Waals surface area contributed by atoms with Gasteiger partial charge in [-0.15, -0.1) is 50.9 Å². The first kappa shape index (κ1) is 27.2. The maximum absolute atomic E-state index is 4.85. The number of benzene rings is 1. The molecular weight excluding hydrogens is 598 g/mol. The molecule has 32 heavy (non-hydrogen) atoms. The van der Waals surface area contributed by atoms with Crippen molar-refractivity contribution in [3.63, 3.8) is 0 Å². The highest BCUT2D eigenvalue weighted by Gasteiger charge is 2.27. The minimum Gasteiger partial charge on any atom is -0.341 e. The molecule has 1 atom stereocenters. The highest BCUT2D eigenvalue weighted by molar-refractivity contribution is 8.93. The van der Waals surface area contributed by atoms with Crippen molar-refractivity contribution >= 4 is 62.0 Å². The van der Waals surface area contributed by atoms with Gasteiger partial charge in [0.05, 0.1) is 29.3 Å². The van der Waals surface area contributed by atoms with Crippen molar-refractivity contribution < 1.29 is 0 Å². The Balaban J connectivity index is 0.00000121. The molecule has 0 spiro atoms. The molecule has 5 rings (SSSR count). The van der Waals surface area contributed by atoms with E-state index in [1.54, 1.807) is 0 Å². The fraction of sp³-hybridized carbons (Fsp3) is 0.417. The fourth-order valence-corrected chi connectivity index (χ4v) is 4.71. The van der Waals surface area contributed by atoms with E-state index in [0.29, 0.717) is 6.04 Å². The number of halogens is 3. The third-order valence-electron chi connectivity index (χ3n) is 6.22. The van der Waals surface area contributed by atoms with Crippen molar-refractivity contribution in [2.24, 2.45) is 0 Å². The Morgan fingerprint density at radius 1 is 1.03 bits per heavy atom. The molecule has 2 aliphatic rings. The molecule has 5 nitrogen and oxygen atoms in total. The summed E-state index contributed by atoms with van der Waals surface area (Å²) in [5, 5.41) is 3.50. The molecule has 0 amide bonds. The number of fused-ring (bicyclic) bond motifs is 2. The minimum absolute atomic E-state index is 0. The van der Waals surface area contributed by atoms with E-state index in [1.165, 1.54) is 36.1 Å². The van der Waals surface area contributed by atoms with E-state index in [2.05, 4.69) is 51.6 Å². The van der Waals surface area contributed by atoms with Gasteiger partial charge in [0.25, 0.3) is 0 Å². The van der Waals surface area contributed by atoms with Crippen LogP contribution in [0.5, 0.6) is 0 Å². The second kappa shape index (κ2) is 13.0. The molecule has 174 valence electrons. The molecule has 1 fully saturated rings. The van der Waals surface area contributed by atoms with Crippen LogP contribution in [-0.4, -0.2) is 39.5 Å². The largest absolute Gasteiger partial charge is 0.341 e. The molecule has 0 bridgehead atoms. The third-order valence-corrected chi connectivity index (χ3v) is 6.22. The molecule has 1 aromatic carbocycles. The Kier molecular flexibility index (Phi) is 11.0. The first-order chi connectivity index (χ1) is 14.4. The van der Waals surface area contributed by atoms with E-state index < -0.39 is 0 Å². The molecule has 0 radical (unpaired) electrons. The Hall–Kier alpha value is -1.06. The SMILES string of the molecule is Br.Br.Br.C(/CN(Cc1nc2ccccc2[nH]1)C1CCCc2cccnc21)=C1\CCCNC1. The summed E-state index contributed by atoms with van der Waals surface area (Å²) in [5.41, 5.74) is 6.35. The van der Waals surface area contributed by atoms with Crippen molar-refractivity contribution in [1.82, 2.24) is 25.2 Å². The second-order valence-corrected chi connectivity index (χ2v) is 8.23. The van der Waals surface area contributed by atoms with Gasteiger partial charge in [-0.3, -0.25) is 9.88 Å². The van der Waals surface area contributed by atoms with E-state index in [-0.39, 0.29) is 50.9 Å². The smallest absolute Gasteiger partial charge is 0.121 e. The number of H-pyrrole nitrogens is 1. The number of hydrogen-bond acceptors (Lipinski definition) is 4. The van der Waals surface area contributed by atoms with E-state index in [9.17, 15) is 0 Å². The normalized spacial score (nSPS) is 19.0. The average molecular weight is 630 g/mol. The average Bonchev–Trinajstić information content (AvgIpc) is 3.19. The van der Waals surface area contributed by atoms with Crippen LogP contribution in [0.15, 0.2) is 54.2 Å². The standard InChI is InChI=1S/C24H29N5.3BrH/c1-2-10-21-20(9-1)27-23(28-21)17-29(15-12-18-6-4-13-25-16-18)22-11-3-7-19-8-5-14-26-24(19)22;;;/h1-2,5,8-10,12,14,22,25H,3-4,6-7,11,13,15-17H2,(H,27,28);3*1H/b18-12-;;;. The molecule has 2 N–H and O–H groups in total. The summed E-state index contributed by atoms with van der Waals surface area (Å²) in [5.74, 6) is 1.04. The van der Waals surface area contributed by atoms with Gasteiger partial charge in [0.15, 0.2) is 0 Å². The van der Waals surface area contributed by atoms with Crippen LogP contribution < -0.4 is 5.32 Å². The van der Waals surface area contributed by atoms with Crippen molar-refractivity contribution in [3.8, 4) is 0 Å². The van der Waals surface area contributed by atoms with Crippen LogP contribution in [0.1, 0.15) is 48.8 Å². The molecule has 3 heterocycles. The van der Waals surface area contributed by atoms with Crippen molar-refractivity contribution in [2.45, 2.75) is 44.7 Å². The van der Waals surface area contributed by atoms with Crippen LogP contribution in [0.2, 0.25) is 0 Å². The summed E-state index contributed by atoms with van der Waals surface area (Å²) in [4.78, 5) is 15.7. The molecule has 8 heteroatoms. The molecule has 1 aliphatic heterocycles. The highest BCUT2D eigenvalue weighted by Crippen LogP contribution is 2.33. The molecule has 1 unspecified atom stereocenters. The minimum atomic E-state index is 0. The van der Waals surface area contributed by atoms with Gasteiger partial charge in [0.1, 0.15) is 5.82 Å². The van der Waals surface area contributed by atoms with Crippen LogP contribution in [-0.2, 0) is 13.0 Å².